The Labute approximate surface area is 137 Å². The number of ether oxygens (including phenoxy) is 1. The van der Waals surface area contributed by atoms with Crippen LogP contribution in [0.4, 0.5) is 10.2 Å². The first-order chi connectivity index (χ1) is 10.5. The van der Waals surface area contributed by atoms with Crippen molar-refractivity contribution in [2.45, 2.75) is 38.9 Å². The maximum absolute atomic E-state index is 14.3. The molecule has 1 heterocycles. The summed E-state index contributed by atoms with van der Waals surface area (Å²) in [6, 6.07) is 1.05. The number of hydrogen-bond acceptors (Lipinski definition) is 6. The SMILES string of the molecule is COC(=O)c1cnc(N(CCO)O[Si](C)(C)C(C)(C)C)c(F)c1. The van der Waals surface area contributed by atoms with Crippen LogP contribution in [0.1, 0.15) is 31.1 Å². The van der Waals surface area contributed by atoms with Crippen LogP contribution in [0.5, 0.6) is 0 Å². The summed E-state index contributed by atoms with van der Waals surface area (Å²) < 4.78 is 24.9. The number of halogens is 1. The molecule has 130 valence electrons. The lowest BCUT2D eigenvalue weighted by atomic mass is 10.2. The van der Waals surface area contributed by atoms with Crippen LogP contribution >= 0.6 is 0 Å². The number of esters is 1. The van der Waals surface area contributed by atoms with Gasteiger partial charge in [-0.25, -0.2) is 19.2 Å². The molecule has 0 radical (unpaired) electrons. The van der Waals surface area contributed by atoms with E-state index in [0.717, 1.165) is 6.07 Å². The van der Waals surface area contributed by atoms with Gasteiger partial charge in [0.25, 0.3) is 0 Å². The molecular weight excluding hydrogens is 319 g/mol. The van der Waals surface area contributed by atoms with Crippen LogP contribution in [0.15, 0.2) is 12.3 Å². The van der Waals surface area contributed by atoms with Crippen molar-refractivity contribution in [1.29, 1.82) is 0 Å². The molecule has 0 bridgehead atoms. The number of aliphatic hydroxyl groups excluding tert-OH is 1. The molecule has 0 spiro atoms. The van der Waals surface area contributed by atoms with Crippen LogP contribution in [0, 0.1) is 5.82 Å². The van der Waals surface area contributed by atoms with Crippen molar-refractivity contribution in [3.05, 3.63) is 23.6 Å². The molecule has 8 heteroatoms. The summed E-state index contributed by atoms with van der Waals surface area (Å²) in [5.74, 6) is -1.43. The van der Waals surface area contributed by atoms with Crippen LogP contribution in [0.2, 0.25) is 18.1 Å². The zero-order valence-corrected chi connectivity index (χ0v) is 15.5. The number of carbonyl (C=O) groups is 1. The van der Waals surface area contributed by atoms with E-state index >= 15 is 0 Å². The lowest BCUT2D eigenvalue weighted by Crippen LogP contribution is -2.48. The maximum Gasteiger partial charge on any atom is 0.339 e. The molecule has 23 heavy (non-hydrogen) atoms. The Kier molecular flexibility index (Phi) is 6.26. The van der Waals surface area contributed by atoms with Crippen molar-refractivity contribution in [2.24, 2.45) is 0 Å². The monoisotopic (exact) mass is 344 g/mol. The molecule has 0 saturated heterocycles. The van der Waals surface area contributed by atoms with Gasteiger partial charge >= 0.3 is 5.97 Å². The van der Waals surface area contributed by atoms with Gasteiger partial charge in [0, 0.05) is 6.20 Å². The topological polar surface area (TPSA) is 71.9 Å². The molecule has 0 aliphatic heterocycles. The molecule has 0 unspecified atom stereocenters. The Balaban J connectivity index is 3.14. The number of rotatable bonds is 6. The van der Waals surface area contributed by atoms with Gasteiger partial charge in [0.15, 0.2) is 11.6 Å². The normalized spacial score (nSPS) is 12.2. The van der Waals surface area contributed by atoms with Crippen LogP contribution in [0.25, 0.3) is 0 Å². The lowest BCUT2D eigenvalue weighted by molar-refractivity contribution is 0.0599. The number of aliphatic hydroxyl groups is 1. The Morgan fingerprint density at radius 1 is 1.43 bits per heavy atom. The van der Waals surface area contributed by atoms with Crippen molar-refractivity contribution >= 4 is 20.1 Å². The van der Waals surface area contributed by atoms with Crippen molar-refractivity contribution in [3.63, 3.8) is 0 Å². The molecule has 0 aliphatic rings. The minimum Gasteiger partial charge on any atom is -0.465 e. The van der Waals surface area contributed by atoms with E-state index in [1.807, 2.05) is 13.1 Å². The van der Waals surface area contributed by atoms with Gasteiger partial charge in [-0.2, -0.15) is 0 Å². The number of anilines is 1. The standard InChI is InChI=1S/C15H25FN2O4Si/c1-15(2,3)23(5,6)22-18(7-8-19)13-12(16)9-11(10-17-13)14(20)21-4/h9-10,19H,7-8H2,1-6H3. The number of nitrogens with zero attached hydrogens (tertiary/aromatic N) is 2. The molecule has 0 aliphatic carbocycles. The number of hydroxylamine groups is 1. The summed E-state index contributed by atoms with van der Waals surface area (Å²) in [4.78, 5) is 15.4. The van der Waals surface area contributed by atoms with Crippen LogP contribution in [0.3, 0.4) is 0 Å². The third-order valence-electron chi connectivity index (χ3n) is 3.93. The molecule has 0 saturated carbocycles. The predicted octanol–water partition coefficient (Wildman–Crippen LogP) is 2.74. The Hall–Kier alpha value is -1.51. The molecule has 1 rings (SSSR count). The lowest BCUT2D eigenvalue weighted by Gasteiger charge is -2.39. The van der Waals surface area contributed by atoms with Gasteiger partial charge in [0.05, 0.1) is 25.8 Å². The van der Waals surface area contributed by atoms with Crippen molar-refractivity contribution in [2.75, 3.05) is 25.3 Å². The van der Waals surface area contributed by atoms with E-state index < -0.39 is 20.1 Å². The summed E-state index contributed by atoms with van der Waals surface area (Å²) >= 11 is 0. The predicted molar refractivity (Wildman–Crippen MR) is 88.2 cm³/mol. The molecular formula is C15H25FN2O4Si. The van der Waals surface area contributed by atoms with Gasteiger partial charge in [-0.15, -0.1) is 0 Å². The maximum atomic E-state index is 14.3. The summed E-state index contributed by atoms with van der Waals surface area (Å²) in [5.41, 5.74) is 0.0185. The fourth-order valence-corrected chi connectivity index (χ4v) is 2.54. The van der Waals surface area contributed by atoms with Gasteiger partial charge in [0.1, 0.15) is 0 Å². The van der Waals surface area contributed by atoms with Gasteiger partial charge in [-0.05, 0) is 24.2 Å². The summed E-state index contributed by atoms with van der Waals surface area (Å²) in [7, 11) is -1.02. The quantitative estimate of drug-likeness (QED) is 0.486. The van der Waals surface area contributed by atoms with E-state index in [9.17, 15) is 14.3 Å². The molecule has 0 fully saturated rings. The Morgan fingerprint density at radius 3 is 2.48 bits per heavy atom. The first-order valence-corrected chi connectivity index (χ1v) is 10.3. The third-order valence-corrected chi connectivity index (χ3v) is 8.22. The van der Waals surface area contributed by atoms with Gasteiger partial charge < -0.3 is 14.4 Å². The van der Waals surface area contributed by atoms with Gasteiger partial charge in [0.2, 0.25) is 8.32 Å². The smallest absolute Gasteiger partial charge is 0.339 e. The second-order valence-corrected chi connectivity index (χ2v) is 11.4. The molecule has 0 amide bonds. The van der Waals surface area contributed by atoms with Crippen LogP contribution in [-0.4, -0.2) is 44.6 Å². The number of pyridine rings is 1. The highest BCUT2D eigenvalue weighted by molar-refractivity contribution is 6.74. The second-order valence-electron chi connectivity index (χ2n) is 6.70. The number of aromatic nitrogens is 1. The van der Waals surface area contributed by atoms with Crippen LogP contribution < -0.4 is 5.06 Å². The van der Waals surface area contributed by atoms with E-state index in [0.29, 0.717) is 0 Å². The van der Waals surface area contributed by atoms with Crippen LogP contribution in [-0.2, 0) is 9.26 Å². The highest BCUT2D eigenvalue weighted by atomic mass is 28.4. The van der Waals surface area contributed by atoms with E-state index in [-0.39, 0.29) is 29.6 Å². The summed E-state index contributed by atoms with van der Waals surface area (Å²) in [6.45, 7) is 10.1. The van der Waals surface area contributed by atoms with E-state index in [4.69, 9.17) is 4.53 Å². The molecule has 6 nitrogen and oxygen atoms in total. The average Bonchev–Trinajstić information content (AvgIpc) is 2.44. The minimum atomic E-state index is -2.24. The molecule has 1 N–H and O–H groups in total. The zero-order valence-electron chi connectivity index (χ0n) is 14.5. The van der Waals surface area contributed by atoms with E-state index in [1.165, 1.54) is 18.4 Å². The summed E-state index contributed by atoms with van der Waals surface area (Å²) in [5, 5.41) is 10.4. The minimum absolute atomic E-state index is 0.0185. The molecule has 0 aromatic carbocycles. The first-order valence-electron chi connectivity index (χ1n) is 7.35. The highest BCUT2D eigenvalue weighted by Gasteiger charge is 2.40. The Morgan fingerprint density at radius 2 is 2.04 bits per heavy atom. The van der Waals surface area contributed by atoms with E-state index in [1.54, 1.807) is 0 Å². The number of carbonyl (C=O) groups excluding carboxylic acids is 1. The zero-order chi connectivity index (χ0) is 17.8. The van der Waals surface area contributed by atoms with Crippen molar-refractivity contribution < 1.29 is 23.6 Å². The third kappa shape index (κ3) is 4.73. The number of hydrogen-bond donors (Lipinski definition) is 1. The fraction of sp³-hybridized carbons (Fsp3) is 0.600. The molecule has 0 atom stereocenters. The second kappa shape index (κ2) is 7.37. The van der Waals surface area contributed by atoms with Crippen molar-refractivity contribution in [3.8, 4) is 0 Å². The van der Waals surface area contributed by atoms with Gasteiger partial charge in [-0.3, -0.25) is 0 Å². The molecule has 1 aromatic heterocycles. The summed E-state index contributed by atoms with van der Waals surface area (Å²) in [6.07, 6.45) is 1.23. The van der Waals surface area contributed by atoms with Gasteiger partial charge in [-0.1, -0.05) is 20.8 Å². The molecule has 1 aromatic rings. The fourth-order valence-electron chi connectivity index (χ4n) is 1.54. The Bertz CT molecular complexity index is 561. The average molecular weight is 344 g/mol. The van der Waals surface area contributed by atoms with E-state index in [2.05, 4.69) is 30.5 Å². The number of methoxy groups -OCH3 is 1. The highest BCUT2D eigenvalue weighted by Crippen LogP contribution is 2.38. The largest absolute Gasteiger partial charge is 0.465 e. The van der Waals surface area contributed by atoms with Crippen molar-refractivity contribution in [1.82, 2.24) is 4.98 Å². The first kappa shape index (κ1) is 19.5.